The molecule has 0 aromatic heterocycles. The highest BCUT2D eigenvalue weighted by molar-refractivity contribution is 4.97. The number of hydrogen-bond donors (Lipinski definition) is 1. The minimum Gasteiger partial charge on any atom is -0.311 e. The van der Waals surface area contributed by atoms with E-state index in [4.69, 9.17) is 0 Å². The van der Waals surface area contributed by atoms with E-state index in [0.717, 1.165) is 6.42 Å². The highest BCUT2D eigenvalue weighted by Gasteiger charge is 2.15. The average Bonchev–Trinajstić information content (AvgIpc) is 2.23. The van der Waals surface area contributed by atoms with Crippen LogP contribution in [0.2, 0.25) is 0 Å². The van der Waals surface area contributed by atoms with Gasteiger partial charge in [-0.15, -0.1) is 13.2 Å². The van der Waals surface area contributed by atoms with E-state index >= 15 is 0 Å². The first-order valence-electron chi connectivity index (χ1n) is 5.62. The maximum absolute atomic E-state index is 3.86. The van der Waals surface area contributed by atoms with Crippen LogP contribution in [-0.4, -0.2) is 12.6 Å². The number of allylic oxidation sites excluding steroid dienone is 1. The average molecular weight is 195 g/mol. The van der Waals surface area contributed by atoms with Crippen LogP contribution in [0.3, 0.4) is 0 Å². The SMILES string of the molecule is C=CCCCCCC[C@](C)(C=C)NC. The minimum absolute atomic E-state index is 0.123. The molecule has 0 amide bonds. The predicted octanol–water partition coefficient (Wildman–Crippen LogP) is 3.68. The number of rotatable bonds is 9. The molecular weight excluding hydrogens is 170 g/mol. The lowest BCUT2D eigenvalue weighted by Crippen LogP contribution is -2.37. The Hall–Kier alpha value is -0.560. The van der Waals surface area contributed by atoms with Crippen molar-refractivity contribution < 1.29 is 0 Å². The Labute approximate surface area is 89.3 Å². The highest BCUT2D eigenvalue weighted by Crippen LogP contribution is 2.16. The van der Waals surface area contributed by atoms with Crippen molar-refractivity contribution in [2.24, 2.45) is 0 Å². The molecule has 0 rings (SSSR count). The van der Waals surface area contributed by atoms with Crippen LogP contribution in [-0.2, 0) is 0 Å². The third-order valence-electron chi connectivity index (χ3n) is 2.88. The summed E-state index contributed by atoms with van der Waals surface area (Å²) >= 11 is 0. The highest BCUT2D eigenvalue weighted by atomic mass is 14.9. The van der Waals surface area contributed by atoms with Crippen molar-refractivity contribution in [2.45, 2.75) is 51.0 Å². The predicted molar refractivity (Wildman–Crippen MR) is 65.6 cm³/mol. The van der Waals surface area contributed by atoms with Crippen LogP contribution < -0.4 is 5.32 Å². The third-order valence-corrected chi connectivity index (χ3v) is 2.88. The van der Waals surface area contributed by atoms with Gasteiger partial charge in [0.2, 0.25) is 0 Å². The zero-order chi connectivity index (χ0) is 10.9. The number of likely N-dealkylation sites (N-methyl/N-ethyl adjacent to an activating group) is 1. The molecule has 0 heterocycles. The van der Waals surface area contributed by atoms with E-state index in [9.17, 15) is 0 Å². The van der Waals surface area contributed by atoms with Crippen LogP contribution in [0.5, 0.6) is 0 Å². The van der Waals surface area contributed by atoms with E-state index in [0.29, 0.717) is 0 Å². The van der Waals surface area contributed by atoms with Crippen molar-refractivity contribution in [2.75, 3.05) is 7.05 Å². The summed E-state index contributed by atoms with van der Waals surface area (Å²) in [6.07, 6.45) is 11.6. The molecule has 14 heavy (non-hydrogen) atoms. The van der Waals surface area contributed by atoms with E-state index in [-0.39, 0.29) is 5.54 Å². The van der Waals surface area contributed by atoms with E-state index < -0.39 is 0 Å². The maximum Gasteiger partial charge on any atom is 0.0330 e. The van der Waals surface area contributed by atoms with Gasteiger partial charge in [-0.1, -0.05) is 31.4 Å². The van der Waals surface area contributed by atoms with Crippen molar-refractivity contribution in [3.05, 3.63) is 25.3 Å². The molecule has 0 bridgehead atoms. The Balaban J connectivity index is 3.42. The van der Waals surface area contributed by atoms with Crippen molar-refractivity contribution in [3.8, 4) is 0 Å². The lowest BCUT2D eigenvalue weighted by Gasteiger charge is -2.24. The van der Waals surface area contributed by atoms with Crippen LogP contribution in [0.15, 0.2) is 25.3 Å². The Kier molecular flexibility index (Phi) is 7.50. The second-order valence-corrected chi connectivity index (χ2v) is 4.11. The van der Waals surface area contributed by atoms with Crippen molar-refractivity contribution in [1.29, 1.82) is 0 Å². The zero-order valence-electron chi connectivity index (χ0n) is 9.81. The Morgan fingerprint density at radius 2 is 1.79 bits per heavy atom. The normalized spacial score (nSPS) is 14.7. The molecule has 0 aliphatic heterocycles. The van der Waals surface area contributed by atoms with Gasteiger partial charge in [0.05, 0.1) is 0 Å². The van der Waals surface area contributed by atoms with Gasteiger partial charge in [0.1, 0.15) is 0 Å². The summed E-state index contributed by atoms with van der Waals surface area (Å²) in [5, 5.41) is 3.30. The molecule has 0 aromatic rings. The van der Waals surface area contributed by atoms with Crippen molar-refractivity contribution in [1.82, 2.24) is 5.32 Å². The molecular formula is C13H25N. The fourth-order valence-corrected chi connectivity index (χ4v) is 1.46. The molecule has 1 heteroatoms. The van der Waals surface area contributed by atoms with E-state index in [1.54, 1.807) is 0 Å². The van der Waals surface area contributed by atoms with Crippen LogP contribution in [0.1, 0.15) is 45.4 Å². The second-order valence-electron chi connectivity index (χ2n) is 4.11. The third kappa shape index (κ3) is 5.98. The second kappa shape index (κ2) is 7.81. The van der Waals surface area contributed by atoms with Crippen LogP contribution >= 0.6 is 0 Å². The first-order chi connectivity index (χ1) is 6.68. The van der Waals surface area contributed by atoms with Gasteiger partial charge in [-0.05, 0) is 33.2 Å². The fourth-order valence-electron chi connectivity index (χ4n) is 1.46. The van der Waals surface area contributed by atoms with E-state index in [1.165, 1.54) is 32.1 Å². The van der Waals surface area contributed by atoms with E-state index in [2.05, 4.69) is 25.4 Å². The van der Waals surface area contributed by atoms with Crippen molar-refractivity contribution >= 4 is 0 Å². The van der Waals surface area contributed by atoms with Gasteiger partial charge in [-0.3, -0.25) is 0 Å². The summed E-state index contributed by atoms with van der Waals surface area (Å²) in [5.41, 5.74) is 0.123. The molecule has 0 saturated heterocycles. The van der Waals surface area contributed by atoms with Gasteiger partial charge in [0, 0.05) is 5.54 Å². The molecule has 0 aliphatic carbocycles. The molecule has 0 aliphatic rings. The minimum atomic E-state index is 0.123. The molecule has 1 N–H and O–H groups in total. The zero-order valence-corrected chi connectivity index (χ0v) is 9.81. The monoisotopic (exact) mass is 195 g/mol. The Bertz CT molecular complexity index is 163. The quantitative estimate of drug-likeness (QED) is 0.437. The molecule has 0 aromatic carbocycles. The Morgan fingerprint density at radius 3 is 2.29 bits per heavy atom. The molecule has 0 spiro atoms. The summed E-state index contributed by atoms with van der Waals surface area (Å²) < 4.78 is 0. The number of nitrogens with one attached hydrogen (secondary N) is 1. The molecule has 1 atom stereocenters. The smallest absolute Gasteiger partial charge is 0.0330 e. The fraction of sp³-hybridized carbons (Fsp3) is 0.692. The summed E-state index contributed by atoms with van der Waals surface area (Å²) in [4.78, 5) is 0. The first-order valence-corrected chi connectivity index (χ1v) is 5.62. The summed E-state index contributed by atoms with van der Waals surface area (Å²) in [7, 11) is 2.00. The summed E-state index contributed by atoms with van der Waals surface area (Å²) in [5.74, 6) is 0. The Morgan fingerprint density at radius 1 is 1.14 bits per heavy atom. The van der Waals surface area contributed by atoms with Crippen LogP contribution in [0.4, 0.5) is 0 Å². The van der Waals surface area contributed by atoms with Gasteiger partial charge in [-0.2, -0.15) is 0 Å². The summed E-state index contributed by atoms with van der Waals surface area (Å²) in [6, 6.07) is 0. The molecule has 0 radical (unpaired) electrons. The number of unbranched alkanes of at least 4 members (excludes halogenated alkanes) is 4. The van der Waals surface area contributed by atoms with Gasteiger partial charge < -0.3 is 5.32 Å². The lowest BCUT2D eigenvalue weighted by atomic mass is 9.94. The molecule has 0 saturated carbocycles. The maximum atomic E-state index is 3.86. The molecule has 1 nitrogen and oxygen atoms in total. The van der Waals surface area contributed by atoms with E-state index in [1.807, 2.05) is 19.2 Å². The van der Waals surface area contributed by atoms with Crippen LogP contribution in [0.25, 0.3) is 0 Å². The lowest BCUT2D eigenvalue weighted by molar-refractivity contribution is 0.419. The van der Waals surface area contributed by atoms with Crippen molar-refractivity contribution in [3.63, 3.8) is 0 Å². The van der Waals surface area contributed by atoms with Gasteiger partial charge in [-0.25, -0.2) is 0 Å². The molecule has 0 fully saturated rings. The largest absolute Gasteiger partial charge is 0.311 e. The van der Waals surface area contributed by atoms with Crippen LogP contribution in [0, 0.1) is 0 Å². The molecule has 0 unspecified atom stereocenters. The van der Waals surface area contributed by atoms with Gasteiger partial charge in [0.15, 0.2) is 0 Å². The topological polar surface area (TPSA) is 12.0 Å². The molecule has 82 valence electrons. The van der Waals surface area contributed by atoms with Gasteiger partial charge in [0.25, 0.3) is 0 Å². The summed E-state index contributed by atoms with van der Waals surface area (Å²) in [6.45, 7) is 9.78. The van der Waals surface area contributed by atoms with Gasteiger partial charge >= 0.3 is 0 Å². The standard InChI is InChI=1S/C13H25N/c1-5-7-8-9-10-11-12-13(3,6-2)14-4/h5-6,14H,1-2,7-12H2,3-4H3/t13-/m0/s1. The first kappa shape index (κ1) is 13.4. The number of hydrogen-bond acceptors (Lipinski definition) is 1.